The van der Waals surface area contributed by atoms with Gasteiger partial charge in [0.1, 0.15) is 10.0 Å². The van der Waals surface area contributed by atoms with Crippen molar-refractivity contribution in [3.05, 3.63) is 33.2 Å². The summed E-state index contributed by atoms with van der Waals surface area (Å²) in [4.78, 5) is 24.1. The van der Waals surface area contributed by atoms with Crippen LogP contribution in [0.15, 0.2) is 18.2 Å². The molecule has 0 spiro atoms. The van der Waals surface area contributed by atoms with E-state index in [2.05, 4.69) is 20.8 Å². The molecule has 0 saturated carbocycles. The number of anilines is 2. The Morgan fingerprint density at radius 1 is 1.30 bits per heavy atom. The van der Waals surface area contributed by atoms with E-state index >= 15 is 0 Å². The van der Waals surface area contributed by atoms with Crippen molar-refractivity contribution in [2.75, 3.05) is 21.9 Å². The molecule has 0 aliphatic carbocycles. The first-order valence-corrected chi connectivity index (χ1v) is 10.7. The van der Waals surface area contributed by atoms with E-state index in [9.17, 15) is 18.0 Å². The van der Waals surface area contributed by atoms with E-state index in [0.717, 1.165) is 5.01 Å². The van der Waals surface area contributed by atoms with Gasteiger partial charge in [-0.3, -0.25) is 13.9 Å². The van der Waals surface area contributed by atoms with E-state index in [1.165, 1.54) is 27.8 Å². The van der Waals surface area contributed by atoms with Crippen LogP contribution in [0.5, 0.6) is 0 Å². The Kier molecular flexibility index (Phi) is 5.63. The van der Waals surface area contributed by atoms with Crippen LogP contribution in [0, 0.1) is 6.92 Å². The van der Waals surface area contributed by atoms with Crippen LogP contribution in [-0.4, -0.2) is 42.7 Å². The summed E-state index contributed by atoms with van der Waals surface area (Å²) in [6.07, 6.45) is 0.528. The lowest BCUT2D eigenvalue weighted by molar-refractivity contribution is -0.136. The summed E-state index contributed by atoms with van der Waals surface area (Å²) in [6, 6.07) is 4.46. The van der Waals surface area contributed by atoms with Gasteiger partial charge in [-0.2, -0.15) is 0 Å². The maximum Gasteiger partial charge on any atom is 0.313 e. The first-order valence-electron chi connectivity index (χ1n) is 7.94. The highest BCUT2D eigenvalue weighted by molar-refractivity contribution is 7.93. The molecule has 3 rings (SSSR count). The molecule has 12 heteroatoms. The third-order valence-electron chi connectivity index (χ3n) is 3.76. The van der Waals surface area contributed by atoms with Gasteiger partial charge in [0.2, 0.25) is 10.0 Å². The van der Waals surface area contributed by atoms with Crippen LogP contribution in [0.2, 0.25) is 5.02 Å². The fourth-order valence-corrected chi connectivity index (χ4v) is 4.89. The second-order valence-corrected chi connectivity index (χ2v) is 9.44. The summed E-state index contributed by atoms with van der Waals surface area (Å²) in [5.74, 6) is -1.71. The van der Waals surface area contributed by atoms with Crippen LogP contribution in [0.25, 0.3) is 0 Å². The van der Waals surface area contributed by atoms with E-state index < -0.39 is 21.8 Å². The van der Waals surface area contributed by atoms with Crippen molar-refractivity contribution >= 4 is 56.2 Å². The number of carbonyl (C=O) groups is 2. The monoisotopic (exact) mass is 429 g/mol. The van der Waals surface area contributed by atoms with Crippen LogP contribution < -0.4 is 14.9 Å². The zero-order valence-electron chi connectivity index (χ0n) is 14.2. The summed E-state index contributed by atoms with van der Waals surface area (Å²) >= 11 is 7.38. The number of aryl methyl sites for hydroxylation is 1. The number of nitrogens with one attached hydrogen (secondary N) is 2. The first-order chi connectivity index (χ1) is 12.8. The second kappa shape index (κ2) is 7.79. The molecule has 1 aliphatic rings. The smallest absolute Gasteiger partial charge is 0.313 e. The highest BCUT2D eigenvalue weighted by Crippen LogP contribution is 2.31. The number of halogens is 1. The molecule has 1 aromatic heterocycles. The van der Waals surface area contributed by atoms with Crippen LogP contribution in [0.3, 0.4) is 0 Å². The Hall–Kier alpha value is -2.24. The molecule has 2 heterocycles. The van der Waals surface area contributed by atoms with Gasteiger partial charge < -0.3 is 10.6 Å². The minimum Gasteiger partial charge on any atom is -0.341 e. The molecule has 144 valence electrons. The van der Waals surface area contributed by atoms with Crippen molar-refractivity contribution in [1.29, 1.82) is 0 Å². The predicted molar refractivity (Wildman–Crippen MR) is 102 cm³/mol. The topological polar surface area (TPSA) is 121 Å². The Labute approximate surface area is 164 Å². The Bertz CT molecular complexity index is 992. The van der Waals surface area contributed by atoms with Gasteiger partial charge in [0, 0.05) is 6.54 Å². The van der Waals surface area contributed by atoms with Gasteiger partial charge >= 0.3 is 11.8 Å². The maximum absolute atomic E-state index is 12.1. The van der Waals surface area contributed by atoms with Crippen molar-refractivity contribution in [3.63, 3.8) is 0 Å². The molecule has 1 aromatic carbocycles. The minimum atomic E-state index is -3.37. The number of rotatable bonds is 4. The van der Waals surface area contributed by atoms with E-state index in [-0.39, 0.29) is 23.0 Å². The van der Waals surface area contributed by atoms with Crippen molar-refractivity contribution < 1.29 is 18.0 Å². The molecular formula is C15H16ClN5O4S2. The number of nitrogens with zero attached hydrogens (tertiary/aromatic N) is 3. The highest BCUT2D eigenvalue weighted by atomic mass is 35.5. The van der Waals surface area contributed by atoms with Gasteiger partial charge in [-0.1, -0.05) is 22.9 Å². The molecule has 0 radical (unpaired) electrons. The SMILES string of the molecule is Cc1nnc(CNC(=O)C(=O)Nc2cc(N3CCCS3(=O)=O)ccc2Cl)s1. The molecule has 9 nitrogen and oxygen atoms in total. The van der Waals surface area contributed by atoms with Gasteiger partial charge in [-0.25, -0.2) is 8.42 Å². The molecule has 1 saturated heterocycles. The molecular weight excluding hydrogens is 414 g/mol. The largest absolute Gasteiger partial charge is 0.341 e. The van der Waals surface area contributed by atoms with E-state index in [4.69, 9.17) is 11.6 Å². The number of amides is 2. The van der Waals surface area contributed by atoms with Gasteiger partial charge in [0.25, 0.3) is 0 Å². The van der Waals surface area contributed by atoms with Crippen LogP contribution >= 0.6 is 22.9 Å². The normalized spacial score (nSPS) is 15.6. The van der Waals surface area contributed by atoms with E-state index in [1.807, 2.05) is 0 Å². The molecule has 0 atom stereocenters. The fraction of sp³-hybridized carbons (Fsp3) is 0.333. The number of benzene rings is 1. The summed E-state index contributed by atoms with van der Waals surface area (Å²) < 4.78 is 25.3. The summed E-state index contributed by atoms with van der Waals surface area (Å²) in [5, 5.41) is 14.0. The lowest BCUT2D eigenvalue weighted by atomic mass is 10.2. The molecule has 2 N–H and O–H groups in total. The Morgan fingerprint density at radius 2 is 2.07 bits per heavy atom. The van der Waals surface area contributed by atoms with Crippen LogP contribution in [-0.2, 0) is 26.2 Å². The number of hydrogen-bond acceptors (Lipinski definition) is 7. The average molecular weight is 430 g/mol. The predicted octanol–water partition coefficient (Wildman–Crippen LogP) is 1.29. The number of carbonyl (C=O) groups excluding carboxylic acids is 2. The number of sulfonamides is 1. The quantitative estimate of drug-likeness (QED) is 0.706. The summed E-state index contributed by atoms with van der Waals surface area (Å²) in [7, 11) is -3.37. The lowest BCUT2D eigenvalue weighted by Gasteiger charge is -2.18. The zero-order valence-corrected chi connectivity index (χ0v) is 16.6. The summed E-state index contributed by atoms with van der Waals surface area (Å²) in [6.45, 7) is 2.22. The third kappa shape index (κ3) is 4.54. The third-order valence-corrected chi connectivity index (χ3v) is 6.80. The minimum absolute atomic E-state index is 0.0742. The standard InChI is InChI=1S/C15H16ClN5O4S2/c1-9-19-20-13(26-9)8-17-14(22)15(23)18-12-7-10(3-4-11(12)16)21-5-2-6-27(21,24)25/h3-4,7H,2,5-6,8H2,1H3,(H,17,22)(H,18,23). The highest BCUT2D eigenvalue weighted by Gasteiger charge is 2.29. The Morgan fingerprint density at radius 3 is 2.70 bits per heavy atom. The zero-order chi connectivity index (χ0) is 19.6. The fourth-order valence-electron chi connectivity index (χ4n) is 2.52. The summed E-state index contributed by atoms with van der Waals surface area (Å²) in [5.41, 5.74) is 0.542. The van der Waals surface area contributed by atoms with E-state index in [0.29, 0.717) is 23.7 Å². The lowest BCUT2D eigenvalue weighted by Crippen LogP contribution is -2.35. The van der Waals surface area contributed by atoms with Gasteiger partial charge in [-0.05, 0) is 31.5 Å². The molecule has 2 amide bonds. The van der Waals surface area contributed by atoms with Crippen molar-refractivity contribution in [2.24, 2.45) is 0 Å². The molecule has 0 unspecified atom stereocenters. The molecule has 27 heavy (non-hydrogen) atoms. The molecule has 0 bridgehead atoms. The van der Waals surface area contributed by atoms with Gasteiger partial charge in [0.05, 0.1) is 28.7 Å². The molecule has 2 aromatic rings. The first kappa shape index (κ1) is 19.5. The van der Waals surface area contributed by atoms with Crippen molar-refractivity contribution in [2.45, 2.75) is 19.9 Å². The maximum atomic E-state index is 12.1. The van der Waals surface area contributed by atoms with Gasteiger partial charge in [-0.15, -0.1) is 10.2 Å². The van der Waals surface area contributed by atoms with E-state index in [1.54, 1.807) is 13.0 Å². The van der Waals surface area contributed by atoms with Crippen LogP contribution in [0.4, 0.5) is 11.4 Å². The van der Waals surface area contributed by atoms with Crippen molar-refractivity contribution in [3.8, 4) is 0 Å². The number of hydrogen-bond donors (Lipinski definition) is 2. The second-order valence-electron chi connectivity index (χ2n) is 5.76. The van der Waals surface area contributed by atoms with Crippen molar-refractivity contribution in [1.82, 2.24) is 15.5 Å². The number of aromatic nitrogens is 2. The van der Waals surface area contributed by atoms with Crippen LogP contribution in [0.1, 0.15) is 16.4 Å². The average Bonchev–Trinajstić information content (AvgIpc) is 3.19. The van der Waals surface area contributed by atoms with Gasteiger partial charge in [0.15, 0.2) is 0 Å². The molecule has 1 aliphatic heterocycles. The molecule has 1 fully saturated rings. The Balaban J connectivity index is 1.68.